The molecule has 2 aromatic rings. The third-order valence-electron chi connectivity index (χ3n) is 7.04. The molecule has 0 aromatic heterocycles. The van der Waals surface area contributed by atoms with Crippen LogP contribution in [0.4, 0.5) is 5.69 Å². The van der Waals surface area contributed by atoms with Gasteiger partial charge >= 0.3 is 0 Å². The summed E-state index contributed by atoms with van der Waals surface area (Å²) in [7, 11) is 1.68. The number of piperidine rings is 1. The van der Waals surface area contributed by atoms with Crippen molar-refractivity contribution in [2.24, 2.45) is 0 Å². The van der Waals surface area contributed by atoms with E-state index in [-0.39, 0.29) is 0 Å². The summed E-state index contributed by atoms with van der Waals surface area (Å²) in [5.74, 6) is 1.79. The van der Waals surface area contributed by atoms with Crippen molar-refractivity contribution in [2.75, 3.05) is 38.3 Å². The number of piperazine rings is 1. The third-order valence-corrected chi connectivity index (χ3v) is 7.36. The van der Waals surface area contributed by atoms with Gasteiger partial charge in [0.25, 0.3) is 0 Å². The minimum Gasteiger partial charge on any atom is -0.495 e. The molecule has 2 aliphatic rings. The van der Waals surface area contributed by atoms with E-state index >= 15 is 0 Å². The minimum absolute atomic E-state index is 0.500. The monoisotopic (exact) mass is 442 g/mol. The molecule has 2 atom stereocenters. The van der Waals surface area contributed by atoms with Crippen molar-refractivity contribution in [3.8, 4) is 11.5 Å². The van der Waals surface area contributed by atoms with Gasteiger partial charge in [0, 0.05) is 43.5 Å². The van der Waals surface area contributed by atoms with Crippen LogP contribution in [0.2, 0.25) is 5.02 Å². The Morgan fingerprint density at radius 2 is 1.87 bits per heavy atom. The fraction of sp³-hybridized carbons (Fsp3) is 0.538. The van der Waals surface area contributed by atoms with Gasteiger partial charge in [-0.25, -0.2) is 0 Å². The van der Waals surface area contributed by atoms with E-state index in [1.807, 2.05) is 6.07 Å². The Kier molecular flexibility index (Phi) is 6.98. The molecular weight excluding hydrogens is 408 g/mol. The van der Waals surface area contributed by atoms with Crippen LogP contribution in [0.15, 0.2) is 30.3 Å². The third kappa shape index (κ3) is 4.51. The maximum Gasteiger partial charge on any atom is 0.139 e. The predicted molar refractivity (Wildman–Crippen MR) is 129 cm³/mol. The van der Waals surface area contributed by atoms with Gasteiger partial charge in [-0.3, -0.25) is 4.90 Å². The van der Waals surface area contributed by atoms with Crippen molar-refractivity contribution < 1.29 is 9.47 Å². The molecule has 0 aliphatic carbocycles. The van der Waals surface area contributed by atoms with E-state index < -0.39 is 0 Å². The van der Waals surface area contributed by atoms with Crippen LogP contribution in [-0.2, 0) is 0 Å². The van der Waals surface area contributed by atoms with Gasteiger partial charge < -0.3 is 14.4 Å². The highest BCUT2D eigenvalue weighted by molar-refractivity contribution is 6.32. The number of hydrogen-bond donors (Lipinski definition) is 0. The number of ether oxygens (including phenoxy) is 2. The Bertz CT molecular complexity index is 917. The Labute approximate surface area is 192 Å². The molecule has 0 spiro atoms. The molecule has 2 saturated heterocycles. The van der Waals surface area contributed by atoms with E-state index in [4.69, 9.17) is 21.1 Å². The van der Waals surface area contributed by atoms with Gasteiger partial charge in [-0.2, -0.15) is 0 Å². The van der Waals surface area contributed by atoms with Gasteiger partial charge in [0.2, 0.25) is 0 Å². The maximum atomic E-state index is 6.24. The average Bonchev–Trinajstić information content (AvgIpc) is 2.80. The second kappa shape index (κ2) is 9.70. The summed E-state index contributed by atoms with van der Waals surface area (Å²) >= 11 is 6.24. The highest BCUT2D eigenvalue weighted by Crippen LogP contribution is 2.40. The molecule has 4 rings (SSSR count). The number of benzene rings is 2. The summed E-state index contributed by atoms with van der Waals surface area (Å²) in [6, 6.07) is 11.7. The van der Waals surface area contributed by atoms with E-state index in [0.717, 1.165) is 44.2 Å². The van der Waals surface area contributed by atoms with Crippen molar-refractivity contribution in [3.63, 3.8) is 0 Å². The van der Waals surface area contributed by atoms with Crippen molar-refractivity contribution in [3.05, 3.63) is 52.0 Å². The van der Waals surface area contributed by atoms with Crippen LogP contribution in [0, 0.1) is 13.8 Å². The van der Waals surface area contributed by atoms with Crippen molar-refractivity contribution in [2.45, 2.75) is 58.5 Å². The van der Waals surface area contributed by atoms with E-state index in [2.05, 4.69) is 54.8 Å². The second-order valence-corrected chi connectivity index (χ2v) is 9.26. The van der Waals surface area contributed by atoms with Crippen LogP contribution in [0.25, 0.3) is 0 Å². The smallest absolute Gasteiger partial charge is 0.139 e. The van der Waals surface area contributed by atoms with Crippen LogP contribution in [0.5, 0.6) is 11.5 Å². The molecule has 0 amide bonds. The van der Waals surface area contributed by atoms with E-state index in [9.17, 15) is 0 Å². The molecule has 5 heteroatoms. The average molecular weight is 443 g/mol. The second-order valence-electron chi connectivity index (χ2n) is 8.85. The van der Waals surface area contributed by atoms with Gasteiger partial charge in [-0.15, -0.1) is 0 Å². The first-order valence-corrected chi connectivity index (χ1v) is 12.0. The largest absolute Gasteiger partial charge is 0.495 e. The van der Waals surface area contributed by atoms with E-state index in [1.54, 1.807) is 7.11 Å². The van der Waals surface area contributed by atoms with Crippen LogP contribution < -0.4 is 14.4 Å². The lowest BCUT2D eigenvalue weighted by molar-refractivity contribution is 0.0712. The standard InChI is InChI=1S/C26H35ClN2O2/c1-5-15-31-25-12-10-22(18(2)19(25)3)24-8-6-7-21-17-28(13-14-29(21)24)20-9-11-23(27)26(16-20)30-4/h9-12,16,21,24H,5-8,13-15,17H2,1-4H3/t21?,24-/m1/s1. The Morgan fingerprint density at radius 3 is 2.65 bits per heavy atom. The van der Waals surface area contributed by atoms with Crippen molar-refractivity contribution >= 4 is 17.3 Å². The molecule has 2 heterocycles. The Hall–Kier alpha value is -1.91. The fourth-order valence-corrected chi connectivity index (χ4v) is 5.40. The molecule has 31 heavy (non-hydrogen) atoms. The van der Waals surface area contributed by atoms with Gasteiger partial charge in [0.05, 0.1) is 18.7 Å². The number of methoxy groups -OCH3 is 1. The Morgan fingerprint density at radius 1 is 1.03 bits per heavy atom. The Balaban J connectivity index is 1.52. The maximum absolute atomic E-state index is 6.24. The topological polar surface area (TPSA) is 24.9 Å². The summed E-state index contributed by atoms with van der Waals surface area (Å²) in [6.07, 6.45) is 4.80. The summed E-state index contributed by atoms with van der Waals surface area (Å²) in [5.41, 5.74) is 5.37. The van der Waals surface area contributed by atoms with Crippen molar-refractivity contribution in [1.82, 2.24) is 4.90 Å². The van der Waals surface area contributed by atoms with Gasteiger partial charge in [-0.05, 0) is 74.4 Å². The molecule has 0 saturated carbocycles. The van der Waals surface area contributed by atoms with Crippen LogP contribution in [0.1, 0.15) is 55.3 Å². The molecule has 2 fully saturated rings. The summed E-state index contributed by atoms with van der Waals surface area (Å²) in [5, 5.41) is 0.667. The number of anilines is 1. The van der Waals surface area contributed by atoms with Crippen molar-refractivity contribution in [1.29, 1.82) is 0 Å². The lowest BCUT2D eigenvalue weighted by Crippen LogP contribution is -2.56. The first-order chi connectivity index (χ1) is 15.0. The molecule has 2 aromatic carbocycles. The van der Waals surface area contributed by atoms with Gasteiger partial charge in [0.1, 0.15) is 11.5 Å². The van der Waals surface area contributed by atoms with Crippen LogP contribution in [0.3, 0.4) is 0 Å². The first-order valence-electron chi connectivity index (χ1n) is 11.6. The minimum atomic E-state index is 0.500. The number of hydrogen-bond acceptors (Lipinski definition) is 4. The zero-order chi connectivity index (χ0) is 22.0. The summed E-state index contributed by atoms with van der Waals surface area (Å²) < 4.78 is 11.4. The normalized spacial score (nSPS) is 21.6. The SMILES string of the molecule is CCCOc1ccc([C@H]2CCCC3CN(c4ccc(Cl)c(OC)c4)CCN32)c(C)c1C. The molecule has 0 N–H and O–H groups in total. The van der Waals surface area contributed by atoms with Crippen LogP contribution in [-0.4, -0.2) is 44.3 Å². The molecule has 2 aliphatic heterocycles. The summed E-state index contributed by atoms with van der Waals surface area (Å²) in [4.78, 5) is 5.24. The highest BCUT2D eigenvalue weighted by atomic mass is 35.5. The number of fused-ring (bicyclic) bond motifs is 1. The molecule has 1 unspecified atom stereocenters. The number of nitrogens with zero attached hydrogens (tertiary/aromatic N) is 2. The fourth-order valence-electron chi connectivity index (χ4n) is 5.21. The number of rotatable bonds is 6. The zero-order valence-electron chi connectivity index (χ0n) is 19.3. The molecule has 4 nitrogen and oxygen atoms in total. The lowest BCUT2D eigenvalue weighted by atomic mass is 9.86. The van der Waals surface area contributed by atoms with E-state index in [0.29, 0.717) is 17.1 Å². The first kappa shape index (κ1) is 22.3. The highest BCUT2D eigenvalue weighted by Gasteiger charge is 2.36. The van der Waals surface area contributed by atoms with E-state index in [1.165, 1.54) is 41.6 Å². The van der Waals surface area contributed by atoms with Gasteiger partial charge in [0.15, 0.2) is 0 Å². The summed E-state index contributed by atoms with van der Waals surface area (Å²) in [6.45, 7) is 10.6. The predicted octanol–water partition coefficient (Wildman–Crippen LogP) is 6.17. The molecule has 168 valence electrons. The molecular formula is C26H35ClN2O2. The number of halogens is 1. The molecule has 0 radical (unpaired) electrons. The van der Waals surface area contributed by atoms with Gasteiger partial charge in [-0.1, -0.05) is 24.6 Å². The molecule has 0 bridgehead atoms. The quantitative estimate of drug-likeness (QED) is 0.534. The van der Waals surface area contributed by atoms with Crippen LogP contribution >= 0.6 is 11.6 Å². The zero-order valence-corrected chi connectivity index (χ0v) is 20.0. The lowest BCUT2D eigenvalue weighted by Gasteiger charge is -2.49.